The van der Waals surface area contributed by atoms with E-state index in [2.05, 4.69) is 20.3 Å². The zero-order valence-corrected chi connectivity index (χ0v) is 11.3. The van der Waals surface area contributed by atoms with Gasteiger partial charge in [0, 0.05) is 17.3 Å². The quantitative estimate of drug-likeness (QED) is 0.383. The Balaban J connectivity index is 2.49. The summed E-state index contributed by atoms with van der Waals surface area (Å²) >= 11 is 1.40. The molecule has 2 rings (SSSR count). The highest BCUT2D eigenvalue weighted by Gasteiger charge is 2.16. The Bertz CT molecular complexity index is 615. The molecule has 6 nitrogen and oxygen atoms in total. The van der Waals surface area contributed by atoms with Gasteiger partial charge in [0.1, 0.15) is 5.03 Å². The van der Waals surface area contributed by atoms with E-state index in [1.54, 1.807) is 12.4 Å². The van der Waals surface area contributed by atoms with Crippen LogP contribution in [-0.4, -0.2) is 26.2 Å². The molecule has 0 aliphatic carbocycles. The maximum absolute atomic E-state index is 8.89. The summed E-state index contributed by atoms with van der Waals surface area (Å²) in [7, 11) is 0. The second-order valence-electron chi connectivity index (χ2n) is 3.86. The fourth-order valence-electron chi connectivity index (χ4n) is 1.53. The Hall–Kier alpha value is -2.15. The number of nitrogens with two attached hydrogens (primary N) is 1. The first-order chi connectivity index (χ1) is 9.13. The summed E-state index contributed by atoms with van der Waals surface area (Å²) in [5.74, 6) is 0.0343. The molecule has 0 saturated carbocycles. The lowest BCUT2D eigenvalue weighted by Gasteiger charge is -2.10. The Morgan fingerprint density at radius 2 is 1.95 bits per heavy atom. The highest BCUT2D eigenvalue weighted by Crippen LogP contribution is 2.29. The van der Waals surface area contributed by atoms with Crippen molar-refractivity contribution in [1.82, 2.24) is 15.2 Å². The van der Waals surface area contributed by atoms with Gasteiger partial charge in [-0.2, -0.15) is 5.10 Å². The maximum Gasteiger partial charge on any atom is 0.173 e. The first kappa shape index (κ1) is 13.3. The summed E-state index contributed by atoms with van der Waals surface area (Å²) in [5.41, 5.74) is 7.93. The number of nitrogens with zero attached hydrogens (tertiary/aromatic N) is 4. The molecule has 98 valence electrons. The van der Waals surface area contributed by atoms with Gasteiger partial charge in [-0.25, -0.2) is 0 Å². The van der Waals surface area contributed by atoms with Gasteiger partial charge in [-0.05, 0) is 31.5 Å². The van der Waals surface area contributed by atoms with Gasteiger partial charge in [0.25, 0.3) is 0 Å². The second-order valence-corrected chi connectivity index (χ2v) is 4.92. The Kier molecular flexibility index (Phi) is 3.96. The van der Waals surface area contributed by atoms with Gasteiger partial charge in [-0.15, -0.1) is 5.10 Å². The van der Waals surface area contributed by atoms with E-state index in [4.69, 9.17) is 10.9 Å². The first-order valence-electron chi connectivity index (χ1n) is 5.53. The molecular formula is C12H13N5OS. The van der Waals surface area contributed by atoms with Crippen molar-refractivity contribution in [2.24, 2.45) is 10.9 Å². The van der Waals surface area contributed by atoms with Crippen LogP contribution >= 0.6 is 11.8 Å². The van der Waals surface area contributed by atoms with E-state index in [0.717, 1.165) is 16.2 Å². The van der Waals surface area contributed by atoms with Gasteiger partial charge in [0.2, 0.25) is 0 Å². The molecule has 0 radical (unpaired) electrons. The van der Waals surface area contributed by atoms with Gasteiger partial charge < -0.3 is 10.9 Å². The molecule has 2 heterocycles. The van der Waals surface area contributed by atoms with E-state index in [1.165, 1.54) is 11.8 Å². The Labute approximate surface area is 114 Å². The molecule has 0 bridgehead atoms. The highest BCUT2D eigenvalue weighted by molar-refractivity contribution is 7.99. The third-order valence-electron chi connectivity index (χ3n) is 2.65. The van der Waals surface area contributed by atoms with Crippen LogP contribution in [0.15, 0.2) is 39.6 Å². The molecule has 0 aliphatic rings. The molecule has 0 saturated heterocycles. The summed E-state index contributed by atoms with van der Waals surface area (Å²) in [6.45, 7) is 3.70. The molecule has 2 aromatic heterocycles. The minimum atomic E-state index is 0.0343. The fraction of sp³-hybridized carbons (Fsp3) is 0.167. The van der Waals surface area contributed by atoms with Crippen LogP contribution in [0.1, 0.15) is 16.8 Å². The lowest BCUT2D eigenvalue weighted by Crippen LogP contribution is -2.18. The minimum absolute atomic E-state index is 0.0343. The van der Waals surface area contributed by atoms with Crippen LogP contribution in [0.4, 0.5) is 0 Å². The zero-order chi connectivity index (χ0) is 13.8. The molecule has 3 N–H and O–H groups in total. The van der Waals surface area contributed by atoms with Crippen LogP contribution in [-0.2, 0) is 0 Å². The number of aryl methyl sites for hydroxylation is 1. The number of amidine groups is 1. The molecule has 0 spiro atoms. The third-order valence-corrected chi connectivity index (χ3v) is 3.64. The van der Waals surface area contributed by atoms with E-state index in [1.807, 2.05) is 26.0 Å². The number of hydrogen-bond acceptors (Lipinski definition) is 6. The summed E-state index contributed by atoms with van der Waals surface area (Å²) < 4.78 is 0. The second kappa shape index (κ2) is 5.66. The van der Waals surface area contributed by atoms with Crippen LogP contribution in [0.2, 0.25) is 0 Å². The summed E-state index contributed by atoms with van der Waals surface area (Å²) in [4.78, 5) is 4.91. The van der Waals surface area contributed by atoms with Crippen LogP contribution < -0.4 is 5.73 Å². The fourth-order valence-corrected chi connectivity index (χ4v) is 2.45. The predicted octanol–water partition coefficient (Wildman–Crippen LogP) is 1.73. The molecule has 0 aromatic carbocycles. The molecular weight excluding hydrogens is 262 g/mol. The number of oxime groups is 1. The van der Waals surface area contributed by atoms with E-state index >= 15 is 0 Å². The lowest BCUT2D eigenvalue weighted by molar-refractivity contribution is 0.318. The van der Waals surface area contributed by atoms with E-state index in [-0.39, 0.29) is 5.84 Å². The van der Waals surface area contributed by atoms with Crippen LogP contribution in [0.5, 0.6) is 0 Å². The molecule has 7 heteroatoms. The van der Waals surface area contributed by atoms with Crippen molar-refractivity contribution in [2.75, 3.05) is 0 Å². The molecule has 19 heavy (non-hydrogen) atoms. The van der Waals surface area contributed by atoms with Crippen molar-refractivity contribution in [2.45, 2.75) is 23.8 Å². The standard InChI is InChI=1S/C12H13N5OS/c1-7-8(2)15-16-12(10(7)11(13)17-18)19-9-3-5-14-6-4-9/h3-6,18H,1-2H3,(H2,13,17). The van der Waals surface area contributed by atoms with Gasteiger partial charge in [-0.3, -0.25) is 4.98 Å². The van der Waals surface area contributed by atoms with Gasteiger partial charge in [-0.1, -0.05) is 16.9 Å². The van der Waals surface area contributed by atoms with Crippen molar-refractivity contribution in [3.63, 3.8) is 0 Å². The van der Waals surface area contributed by atoms with Crippen molar-refractivity contribution >= 4 is 17.6 Å². The van der Waals surface area contributed by atoms with Crippen molar-refractivity contribution < 1.29 is 5.21 Å². The molecule has 2 aromatic rings. The largest absolute Gasteiger partial charge is 0.409 e. The van der Waals surface area contributed by atoms with E-state index in [0.29, 0.717) is 10.6 Å². The summed E-state index contributed by atoms with van der Waals surface area (Å²) in [5, 5.41) is 20.8. The Morgan fingerprint density at radius 3 is 2.58 bits per heavy atom. The topological polar surface area (TPSA) is 97.3 Å². The molecule has 0 amide bonds. The SMILES string of the molecule is Cc1nnc(Sc2ccncc2)c(C(N)=NO)c1C. The zero-order valence-electron chi connectivity index (χ0n) is 10.5. The van der Waals surface area contributed by atoms with Crippen molar-refractivity contribution in [3.8, 4) is 0 Å². The number of hydrogen-bond donors (Lipinski definition) is 2. The lowest BCUT2D eigenvalue weighted by atomic mass is 10.1. The predicted molar refractivity (Wildman–Crippen MR) is 72.4 cm³/mol. The molecule has 0 atom stereocenters. The smallest absolute Gasteiger partial charge is 0.173 e. The minimum Gasteiger partial charge on any atom is -0.409 e. The van der Waals surface area contributed by atoms with Gasteiger partial charge in [0.05, 0.1) is 11.3 Å². The van der Waals surface area contributed by atoms with E-state index < -0.39 is 0 Å². The average Bonchev–Trinajstić information content (AvgIpc) is 2.44. The first-order valence-corrected chi connectivity index (χ1v) is 6.34. The van der Waals surface area contributed by atoms with Crippen LogP contribution in [0.3, 0.4) is 0 Å². The van der Waals surface area contributed by atoms with E-state index in [9.17, 15) is 0 Å². The monoisotopic (exact) mass is 275 g/mol. The average molecular weight is 275 g/mol. The highest BCUT2D eigenvalue weighted by atomic mass is 32.2. The summed E-state index contributed by atoms with van der Waals surface area (Å²) in [6, 6.07) is 3.72. The maximum atomic E-state index is 8.89. The third kappa shape index (κ3) is 2.82. The summed E-state index contributed by atoms with van der Waals surface area (Å²) in [6.07, 6.45) is 3.39. The number of aromatic nitrogens is 3. The van der Waals surface area contributed by atoms with Gasteiger partial charge in [0.15, 0.2) is 5.84 Å². The van der Waals surface area contributed by atoms with Crippen molar-refractivity contribution in [3.05, 3.63) is 41.3 Å². The Morgan fingerprint density at radius 1 is 1.26 bits per heavy atom. The normalized spacial score (nSPS) is 11.6. The molecule has 0 unspecified atom stereocenters. The van der Waals surface area contributed by atoms with Crippen LogP contribution in [0.25, 0.3) is 0 Å². The van der Waals surface area contributed by atoms with Gasteiger partial charge >= 0.3 is 0 Å². The van der Waals surface area contributed by atoms with Crippen molar-refractivity contribution in [1.29, 1.82) is 0 Å². The molecule has 0 aliphatic heterocycles. The number of rotatable bonds is 3. The molecule has 0 fully saturated rings. The van der Waals surface area contributed by atoms with Crippen LogP contribution in [0, 0.1) is 13.8 Å². The number of pyridine rings is 1.